The summed E-state index contributed by atoms with van der Waals surface area (Å²) in [5.41, 5.74) is -0.141. The van der Waals surface area contributed by atoms with Crippen LogP contribution in [0.5, 0.6) is 0 Å². The summed E-state index contributed by atoms with van der Waals surface area (Å²) in [5.74, 6) is 1.69. The number of carbonyl (C=O) groups is 1. The van der Waals surface area contributed by atoms with Crippen LogP contribution in [0.1, 0.15) is 60.2 Å². The number of aryl methyl sites for hydroxylation is 1. The number of fused-ring (bicyclic) bond motifs is 1. The molecular weight excluding hydrogens is 306 g/mol. The molecule has 2 aromatic heterocycles. The third kappa shape index (κ3) is 2.53. The predicted octanol–water partition coefficient (Wildman–Crippen LogP) is 1.67. The van der Waals surface area contributed by atoms with Crippen molar-refractivity contribution < 1.29 is 4.79 Å². The molecule has 0 spiro atoms. The van der Waals surface area contributed by atoms with Crippen molar-refractivity contribution in [2.75, 3.05) is 6.54 Å². The number of amides is 1. The van der Waals surface area contributed by atoms with Gasteiger partial charge < -0.3 is 14.5 Å². The van der Waals surface area contributed by atoms with Gasteiger partial charge in [-0.25, -0.2) is 0 Å². The quantitative estimate of drug-likeness (QED) is 0.909. The Hall–Kier alpha value is -2.44. The van der Waals surface area contributed by atoms with Gasteiger partial charge in [-0.2, -0.15) is 0 Å². The minimum Gasteiger partial charge on any atom is -0.328 e. The molecule has 7 heteroatoms. The Balaban J connectivity index is 1.69. The van der Waals surface area contributed by atoms with Gasteiger partial charge in [0.1, 0.15) is 11.4 Å². The van der Waals surface area contributed by atoms with E-state index < -0.39 is 0 Å². The molecular formula is C17H21N5O2. The minimum atomic E-state index is -0.338. The van der Waals surface area contributed by atoms with E-state index in [2.05, 4.69) is 19.7 Å². The van der Waals surface area contributed by atoms with Crippen molar-refractivity contribution in [3.05, 3.63) is 45.9 Å². The second-order valence-corrected chi connectivity index (χ2v) is 6.51. The fourth-order valence-electron chi connectivity index (χ4n) is 3.77. The molecule has 0 radical (unpaired) electrons. The first-order chi connectivity index (χ1) is 11.8. The maximum absolute atomic E-state index is 12.9. The van der Waals surface area contributed by atoms with Gasteiger partial charge in [0.25, 0.3) is 11.5 Å². The SMILES string of the molecule is O=C(c1ccc[nH]c1=O)N1CCCCC1c1nnc2n1CCCC2. The largest absolute Gasteiger partial charge is 0.328 e. The molecule has 4 rings (SSSR count). The zero-order valence-electron chi connectivity index (χ0n) is 13.6. The summed E-state index contributed by atoms with van der Waals surface area (Å²) in [6, 6.07) is 3.18. The maximum Gasteiger partial charge on any atom is 0.260 e. The van der Waals surface area contributed by atoms with Crippen molar-refractivity contribution in [3.63, 3.8) is 0 Å². The highest BCUT2D eigenvalue weighted by Crippen LogP contribution is 2.32. The smallest absolute Gasteiger partial charge is 0.260 e. The lowest BCUT2D eigenvalue weighted by atomic mass is 9.99. The van der Waals surface area contributed by atoms with Crippen molar-refractivity contribution >= 4 is 5.91 Å². The Morgan fingerprint density at radius 3 is 2.92 bits per heavy atom. The highest BCUT2D eigenvalue weighted by molar-refractivity contribution is 5.94. The molecule has 1 N–H and O–H groups in total. The third-order valence-corrected chi connectivity index (χ3v) is 5.00. The Morgan fingerprint density at radius 1 is 1.17 bits per heavy atom. The average Bonchev–Trinajstić information content (AvgIpc) is 3.05. The molecule has 0 aliphatic carbocycles. The van der Waals surface area contributed by atoms with Crippen LogP contribution in [0.2, 0.25) is 0 Å². The molecule has 1 saturated heterocycles. The Kier molecular flexibility index (Phi) is 3.92. The monoisotopic (exact) mass is 327 g/mol. The Bertz CT molecular complexity index is 809. The van der Waals surface area contributed by atoms with Crippen LogP contribution in [-0.2, 0) is 13.0 Å². The van der Waals surface area contributed by atoms with Gasteiger partial charge in [0.2, 0.25) is 0 Å². The van der Waals surface area contributed by atoms with Gasteiger partial charge >= 0.3 is 0 Å². The second-order valence-electron chi connectivity index (χ2n) is 6.51. The topological polar surface area (TPSA) is 83.9 Å². The van der Waals surface area contributed by atoms with Gasteiger partial charge in [-0.3, -0.25) is 9.59 Å². The normalized spacial score (nSPS) is 20.7. The Labute approximate surface area is 139 Å². The van der Waals surface area contributed by atoms with Gasteiger partial charge in [0.15, 0.2) is 5.82 Å². The molecule has 1 unspecified atom stereocenters. The fourth-order valence-corrected chi connectivity index (χ4v) is 3.77. The van der Waals surface area contributed by atoms with Crippen molar-refractivity contribution in [2.45, 2.75) is 51.1 Å². The summed E-state index contributed by atoms with van der Waals surface area (Å²) in [7, 11) is 0. The first kappa shape index (κ1) is 15.1. The van der Waals surface area contributed by atoms with Crippen LogP contribution >= 0.6 is 0 Å². The summed E-state index contributed by atoms with van der Waals surface area (Å²) < 4.78 is 2.18. The molecule has 0 saturated carbocycles. The van der Waals surface area contributed by atoms with E-state index in [1.54, 1.807) is 23.2 Å². The molecule has 24 heavy (non-hydrogen) atoms. The number of piperidine rings is 1. The van der Waals surface area contributed by atoms with E-state index in [0.717, 1.165) is 56.7 Å². The standard InChI is InChI=1S/C17H21N5O2/c23-16-12(6-5-9-18-16)17(24)21-10-3-1-7-13(21)15-20-19-14-8-2-4-11-22(14)15/h5-6,9,13H,1-4,7-8,10-11H2,(H,18,23). The number of aromatic nitrogens is 4. The molecule has 2 aromatic rings. The van der Waals surface area contributed by atoms with Crippen molar-refractivity contribution in [3.8, 4) is 0 Å². The number of aromatic amines is 1. The fraction of sp³-hybridized carbons (Fsp3) is 0.529. The molecule has 4 heterocycles. The first-order valence-electron chi connectivity index (χ1n) is 8.66. The van der Waals surface area contributed by atoms with Crippen LogP contribution in [0.4, 0.5) is 0 Å². The summed E-state index contributed by atoms with van der Waals surface area (Å²) in [5, 5.41) is 8.73. The lowest BCUT2D eigenvalue weighted by Gasteiger charge is -2.35. The summed E-state index contributed by atoms with van der Waals surface area (Å²) in [6.07, 6.45) is 7.64. The predicted molar refractivity (Wildman–Crippen MR) is 87.7 cm³/mol. The van der Waals surface area contributed by atoms with E-state index >= 15 is 0 Å². The van der Waals surface area contributed by atoms with E-state index in [1.165, 1.54) is 0 Å². The van der Waals surface area contributed by atoms with Gasteiger partial charge in [0.05, 0.1) is 6.04 Å². The van der Waals surface area contributed by atoms with Crippen molar-refractivity contribution in [1.82, 2.24) is 24.6 Å². The van der Waals surface area contributed by atoms with Crippen LogP contribution in [-0.4, -0.2) is 37.1 Å². The van der Waals surface area contributed by atoms with Gasteiger partial charge in [-0.05, 0) is 44.2 Å². The number of hydrogen-bond donors (Lipinski definition) is 1. The lowest BCUT2D eigenvalue weighted by molar-refractivity contribution is 0.0591. The molecule has 2 aliphatic rings. The maximum atomic E-state index is 12.9. The first-order valence-corrected chi connectivity index (χ1v) is 8.66. The summed E-state index contributed by atoms with van der Waals surface area (Å²) in [6.45, 7) is 1.57. The lowest BCUT2D eigenvalue weighted by Crippen LogP contribution is -2.41. The van der Waals surface area contributed by atoms with E-state index in [1.807, 2.05) is 0 Å². The third-order valence-electron chi connectivity index (χ3n) is 5.00. The van der Waals surface area contributed by atoms with Crippen LogP contribution in [0.3, 0.4) is 0 Å². The summed E-state index contributed by atoms with van der Waals surface area (Å²) in [4.78, 5) is 29.3. The average molecular weight is 327 g/mol. The van der Waals surface area contributed by atoms with Crippen LogP contribution in [0, 0.1) is 0 Å². The summed E-state index contributed by atoms with van der Waals surface area (Å²) >= 11 is 0. The number of pyridine rings is 1. The number of likely N-dealkylation sites (tertiary alicyclic amines) is 1. The van der Waals surface area contributed by atoms with Crippen LogP contribution in [0.15, 0.2) is 23.1 Å². The van der Waals surface area contributed by atoms with E-state index in [-0.39, 0.29) is 23.1 Å². The number of nitrogens with zero attached hydrogens (tertiary/aromatic N) is 4. The molecule has 7 nitrogen and oxygen atoms in total. The van der Waals surface area contributed by atoms with Crippen LogP contribution in [0.25, 0.3) is 0 Å². The molecule has 126 valence electrons. The zero-order chi connectivity index (χ0) is 16.5. The van der Waals surface area contributed by atoms with E-state index in [4.69, 9.17) is 0 Å². The minimum absolute atomic E-state index is 0.0924. The van der Waals surface area contributed by atoms with Crippen molar-refractivity contribution in [2.24, 2.45) is 0 Å². The number of rotatable bonds is 2. The van der Waals surface area contributed by atoms with Crippen molar-refractivity contribution in [1.29, 1.82) is 0 Å². The van der Waals surface area contributed by atoms with Gasteiger partial charge in [-0.1, -0.05) is 0 Å². The van der Waals surface area contributed by atoms with Crippen LogP contribution < -0.4 is 5.56 Å². The van der Waals surface area contributed by atoms with Gasteiger partial charge in [0, 0.05) is 25.7 Å². The van der Waals surface area contributed by atoms with E-state index in [0.29, 0.717) is 6.54 Å². The Morgan fingerprint density at radius 2 is 2.04 bits per heavy atom. The highest BCUT2D eigenvalue weighted by Gasteiger charge is 2.34. The van der Waals surface area contributed by atoms with E-state index in [9.17, 15) is 9.59 Å². The molecule has 1 fully saturated rings. The molecule has 0 aromatic carbocycles. The number of hydrogen-bond acceptors (Lipinski definition) is 4. The number of H-pyrrole nitrogens is 1. The molecule has 1 atom stereocenters. The molecule has 0 bridgehead atoms. The highest BCUT2D eigenvalue weighted by atomic mass is 16.2. The second kappa shape index (κ2) is 6.22. The molecule has 2 aliphatic heterocycles. The number of nitrogens with one attached hydrogen (secondary N) is 1. The zero-order valence-corrected chi connectivity index (χ0v) is 13.6. The molecule has 1 amide bonds. The number of carbonyl (C=O) groups excluding carboxylic acids is 1. The van der Waals surface area contributed by atoms with Gasteiger partial charge in [-0.15, -0.1) is 10.2 Å².